The van der Waals surface area contributed by atoms with Crippen LogP contribution >= 0.6 is 0 Å². The summed E-state index contributed by atoms with van der Waals surface area (Å²) in [6.45, 7) is 3.61. The molecule has 5 nitrogen and oxygen atoms in total. The molecule has 1 atom stereocenters. The molecule has 1 rings (SSSR count). The van der Waals surface area contributed by atoms with E-state index < -0.39 is 17.5 Å². The smallest absolute Gasteiger partial charge is 0.310 e. The van der Waals surface area contributed by atoms with Crippen LogP contribution in [-0.4, -0.2) is 28.6 Å². The topological polar surface area (TPSA) is 86.6 Å². The van der Waals surface area contributed by atoms with Gasteiger partial charge >= 0.3 is 5.97 Å². The van der Waals surface area contributed by atoms with Crippen LogP contribution in [0.1, 0.15) is 44.8 Å². The lowest BCUT2D eigenvalue weighted by molar-refractivity contribution is -0.152. The minimum absolute atomic E-state index is 0.0726. The van der Waals surface area contributed by atoms with Gasteiger partial charge in [0.1, 0.15) is 0 Å². The summed E-state index contributed by atoms with van der Waals surface area (Å²) in [6.07, 6.45) is -0.0738. The Kier molecular flexibility index (Phi) is 6.37. The maximum atomic E-state index is 11.9. The van der Waals surface area contributed by atoms with E-state index in [1.807, 2.05) is 18.2 Å². The van der Waals surface area contributed by atoms with E-state index >= 15 is 0 Å². The summed E-state index contributed by atoms with van der Waals surface area (Å²) < 4.78 is 0. The van der Waals surface area contributed by atoms with E-state index in [0.717, 1.165) is 0 Å². The fourth-order valence-corrected chi connectivity index (χ4v) is 2.25. The lowest BCUT2D eigenvalue weighted by Crippen LogP contribution is -2.38. The molecule has 0 aliphatic carbocycles. The molecule has 1 aromatic rings. The Morgan fingerprint density at radius 1 is 1.19 bits per heavy atom. The summed E-state index contributed by atoms with van der Waals surface area (Å²) in [6, 6.07) is 9.01. The second-order valence-corrected chi connectivity index (χ2v) is 5.20. The van der Waals surface area contributed by atoms with Gasteiger partial charge in [-0.05, 0) is 18.4 Å². The summed E-state index contributed by atoms with van der Waals surface area (Å²) in [7, 11) is 0. The SMILES string of the molecule is CCC(CC)(CC(=O)NCC(O)c1ccccc1)C(=O)O. The van der Waals surface area contributed by atoms with Gasteiger partial charge in [-0.1, -0.05) is 44.2 Å². The van der Waals surface area contributed by atoms with Gasteiger partial charge in [0, 0.05) is 13.0 Å². The Labute approximate surface area is 125 Å². The predicted octanol–water partition coefficient (Wildman–Crippen LogP) is 2.12. The van der Waals surface area contributed by atoms with Crippen LogP contribution in [0.25, 0.3) is 0 Å². The number of aliphatic hydroxyl groups excluding tert-OH is 1. The fraction of sp³-hybridized carbons (Fsp3) is 0.500. The number of nitrogens with one attached hydrogen (secondary N) is 1. The van der Waals surface area contributed by atoms with Crippen molar-refractivity contribution in [2.75, 3.05) is 6.54 Å². The number of carbonyl (C=O) groups excluding carboxylic acids is 1. The molecular weight excluding hydrogens is 270 g/mol. The molecule has 1 unspecified atom stereocenters. The van der Waals surface area contributed by atoms with Gasteiger partial charge in [-0.2, -0.15) is 0 Å². The Morgan fingerprint density at radius 3 is 2.24 bits per heavy atom. The third kappa shape index (κ3) is 4.56. The number of aliphatic carboxylic acids is 1. The van der Waals surface area contributed by atoms with Crippen molar-refractivity contribution in [3.05, 3.63) is 35.9 Å². The maximum absolute atomic E-state index is 11.9. The number of rotatable bonds is 8. The highest BCUT2D eigenvalue weighted by molar-refractivity contribution is 5.84. The normalized spacial score (nSPS) is 12.7. The van der Waals surface area contributed by atoms with E-state index in [2.05, 4.69) is 5.32 Å². The molecule has 0 saturated heterocycles. The van der Waals surface area contributed by atoms with Crippen LogP contribution < -0.4 is 5.32 Å². The predicted molar refractivity (Wildman–Crippen MR) is 79.7 cm³/mol. The van der Waals surface area contributed by atoms with Gasteiger partial charge in [0.05, 0.1) is 11.5 Å². The van der Waals surface area contributed by atoms with Gasteiger partial charge in [-0.15, -0.1) is 0 Å². The number of carbonyl (C=O) groups is 2. The van der Waals surface area contributed by atoms with Crippen LogP contribution in [0.4, 0.5) is 0 Å². The zero-order valence-corrected chi connectivity index (χ0v) is 12.5. The molecule has 0 bridgehead atoms. The van der Waals surface area contributed by atoms with Crippen molar-refractivity contribution in [3.8, 4) is 0 Å². The average molecular weight is 293 g/mol. The Bertz CT molecular complexity index is 468. The van der Waals surface area contributed by atoms with E-state index in [1.54, 1.807) is 26.0 Å². The Hall–Kier alpha value is -1.88. The van der Waals surface area contributed by atoms with Crippen LogP contribution in [0, 0.1) is 5.41 Å². The first-order valence-electron chi connectivity index (χ1n) is 7.18. The van der Waals surface area contributed by atoms with Gasteiger partial charge in [0.2, 0.25) is 5.91 Å². The van der Waals surface area contributed by atoms with Gasteiger partial charge in [-0.3, -0.25) is 9.59 Å². The largest absolute Gasteiger partial charge is 0.481 e. The molecule has 0 aliphatic heterocycles. The standard InChI is InChI=1S/C16H23NO4/c1-3-16(4-2,15(20)21)10-14(19)17-11-13(18)12-8-6-5-7-9-12/h5-9,13,18H,3-4,10-11H2,1-2H3,(H,17,19)(H,20,21). The molecule has 0 saturated carbocycles. The van der Waals surface area contributed by atoms with Gasteiger partial charge in [0.25, 0.3) is 0 Å². The lowest BCUT2D eigenvalue weighted by Gasteiger charge is -2.26. The highest BCUT2D eigenvalue weighted by Crippen LogP contribution is 2.30. The van der Waals surface area contributed by atoms with Crippen LogP contribution in [-0.2, 0) is 9.59 Å². The highest BCUT2D eigenvalue weighted by Gasteiger charge is 2.37. The van der Waals surface area contributed by atoms with E-state index in [0.29, 0.717) is 18.4 Å². The third-order valence-electron chi connectivity index (χ3n) is 3.98. The Balaban J connectivity index is 2.56. The van der Waals surface area contributed by atoms with E-state index in [1.165, 1.54) is 0 Å². The average Bonchev–Trinajstić information content (AvgIpc) is 2.50. The number of hydrogen-bond donors (Lipinski definition) is 3. The zero-order chi connectivity index (χ0) is 15.9. The molecule has 1 amide bonds. The molecule has 0 heterocycles. The molecular formula is C16H23NO4. The molecule has 0 spiro atoms. The van der Waals surface area contributed by atoms with Crippen LogP contribution in [0.3, 0.4) is 0 Å². The number of hydrogen-bond acceptors (Lipinski definition) is 3. The first-order valence-corrected chi connectivity index (χ1v) is 7.18. The first-order chi connectivity index (χ1) is 9.95. The van der Waals surface area contributed by atoms with Gasteiger partial charge < -0.3 is 15.5 Å². The van der Waals surface area contributed by atoms with Crippen molar-refractivity contribution >= 4 is 11.9 Å². The van der Waals surface area contributed by atoms with Crippen LogP contribution in [0.5, 0.6) is 0 Å². The van der Waals surface area contributed by atoms with Crippen molar-refractivity contribution in [2.24, 2.45) is 5.41 Å². The lowest BCUT2D eigenvalue weighted by atomic mass is 9.79. The van der Waals surface area contributed by atoms with Crippen molar-refractivity contribution in [2.45, 2.75) is 39.2 Å². The number of amides is 1. The van der Waals surface area contributed by atoms with Crippen LogP contribution in [0.15, 0.2) is 30.3 Å². The molecule has 3 N–H and O–H groups in total. The second kappa shape index (κ2) is 7.78. The minimum atomic E-state index is -1.03. The number of carboxylic acids is 1. The first kappa shape index (κ1) is 17.2. The van der Waals surface area contributed by atoms with E-state index in [-0.39, 0.29) is 18.9 Å². The molecule has 0 aliphatic rings. The molecule has 21 heavy (non-hydrogen) atoms. The molecule has 0 fully saturated rings. The summed E-state index contributed by atoms with van der Waals surface area (Å²) >= 11 is 0. The summed E-state index contributed by atoms with van der Waals surface area (Å²) in [5, 5.41) is 21.9. The third-order valence-corrected chi connectivity index (χ3v) is 3.98. The fourth-order valence-electron chi connectivity index (χ4n) is 2.25. The zero-order valence-electron chi connectivity index (χ0n) is 12.5. The molecule has 0 radical (unpaired) electrons. The molecule has 1 aromatic carbocycles. The minimum Gasteiger partial charge on any atom is -0.481 e. The van der Waals surface area contributed by atoms with E-state index in [9.17, 15) is 19.8 Å². The Morgan fingerprint density at radius 2 is 1.76 bits per heavy atom. The quantitative estimate of drug-likeness (QED) is 0.685. The van der Waals surface area contributed by atoms with Crippen LogP contribution in [0.2, 0.25) is 0 Å². The monoisotopic (exact) mass is 293 g/mol. The van der Waals surface area contributed by atoms with Crippen molar-refractivity contribution in [1.82, 2.24) is 5.32 Å². The molecule has 116 valence electrons. The second-order valence-electron chi connectivity index (χ2n) is 5.20. The van der Waals surface area contributed by atoms with Crippen molar-refractivity contribution in [1.29, 1.82) is 0 Å². The summed E-state index contributed by atoms with van der Waals surface area (Å²) in [4.78, 5) is 23.3. The van der Waals surface area contributed by atoms with Crippen molar-refractivity contribution in [3.63, 3.8) is 0 Å². The van der Waals surface area contributed by atoms with Crippen molar-refractivity contribution < 1.29 is 19.8 Å². The number of aliphatic hydroxyl groups is 1. The summed E-state index contributed by atoms with van der Waals surface area (Å²) in [5.74, 6) is -1.30. The van der Waals surface area contributed by atoms with Gasteiger partial charge in [0.15, 0.2) is 0 Å². The number of benzene rings is 1. The van der Waals surface area contributed by atoms with Gasteiger partial charge in [-0.25, -0.2) is 0 Å². The molecule has 0 aromatic heterocycles. The van der Waals surface area contributed by atoms with E-state index in [4.69, 9.17) is 0 Å². The summed E-state index contributed by atoms with van der Waals surface area (Å²) in [5.41, 5.74) is -0.310. The highest BCUT2D eigenvalue weighted by atomic mass is 16.4. The molecule has 5 heteroatoms. The number of carboxylic acid groups (broad SMARTS) is 1. The maximum Gasteiger partial charge on any atom is 0.310 e.